The van der Waals surface area contributed by atoms with Crippen LogP contribution in [0.3, 0.4) is 0 Å². The summed E-state index contributed by atoms with van der Waals surface area (Å²) in [6.07, 6.45) is 14.5. The summed E-state index contributed by atoms with van der Waals surface area (Å²) in [6, 6.07) is 0. The summed E-state index contributed by atoms with van der Waals surface area (Å²) in [6.45, 7) is 6.90. The number of carboxylic acids is 1. The lowest BCUT2D eigenvalue weighted by Crippen LogP contribution is -2.58. The fourth-order valence-electron chi connectivity index (χ4n) is 7.39. The number of aliphatic carboxylic acids is 1. The highest BCUT2D eigenvalue weighted by molar-refractivity contribution is 5.75. The predicted molar refractivity (Wildman–Crippen MR) is 87.4 cm³/mol. The van der Waals surface area contributed by atoms with Crippen LogP contribution in [0, 0.1) is 33.5 Å². The quantitative estimate of drug-likeness (QED) is 0.689. The van der Waals surface area contributed by atoms with Gasteiger partial charge in [0, 0.05) is 0 Å². The minimum atomic E-state index is -0.554. The maximum Gasteiger partial charge on any atom is 0.309 e. The van der Waals surface area contributed by atoms with E-state index in [0.717, 1.165) is 19.3 Å². The van der Waals surface area contributed by atoms with E-state index in [1.807, 2.05) is 6.92 Å². The Bertz CT molecular complexity index is 552. The van der Waals surface area contributed by atoms with Gasteiger partial charge in [-0.3, -0.25) is 4.79 Å². The number of hydrogen-bond donors (Lipinski definition) is 1. The van der Waals surface area contributed by atoms with Crippen LogP contribution in [0.5, 0.6) is 0 Å². The smallest absolute Gasteiger partial charge is 0.309 e. The number of fused-ring (bicyclic) bond motifs is 3. The Morgan fingerprint density at radius 1 is 1.00 bits per heavy atom. The largest absolute Gasteiger partial charge is 0.481 e. The Labute approximate surface area is 134 Å². The van der Waals surface area contributed by atoms with Crippen LogP contribution in [0.1, 0.15) is 72.1 Å². The molecule has 1 spiro atoms. The maximum absolute atomic E-state index is 12.0. The number of hydrogen-bond acceptors (Lipinski definition) is 1. The van der Waals surface area contributed by atoms with Crippen LogP contribution in [0.2, 0.25) is 0 Å². The van der Waals surface area contributed by atoms with E-state index < -0.39 is 11.4 Å². The van der Waals surface area contributed by atoms with E-state index in [1.165, 1.54) is 32.1 Å². The van der Waals surface area contributed by atoms with Gasteiger partial charge in [0.05, 0.1) is 5.41 Å². The summed E-state index contributed by atoms with van der Waals surface area (Å²) >= 11 is 0. The molecule has 1 N–H and O–H groups in total. The molecule has 22 heavy (non-hydrogen) atoms. The lowest BCUT2D eigenvalue weighted by Gasteiger charge is -2.63. The van der Waals surface area contributed by atoms with Crippen molar-refractivity contribution in [3.8, 4) is 0 Å². The molecule has 0 aliphatic heterocycles. The average molecular weight is 302 g/mol. The van der Waals surface area contributed by atoms with Crippen molar-refractivity contribution >= 4 is 5.97 Å². The van der Waals surface area contributed by atoms with Crippen LogP contribution >= 0.6 is 0 Å². The lowest BCUT2D eigenvalue weighted by atomic mass is 9.40. The van der Waals surface area contributed by atoms with Crippen molar-refractivity contribution in [1.82, 2.24) is 0 Å². The first kappa shape index (κ1) is 14.8. The van der Waals surface area contributed by atoms with Gasteiger partial charge in [-0.1, -0.05) is 32.4 Å². The number of allylic oxidation sites excluding steroid dienone is 2. The zero-order valence-corrected chi connectivity index (χ0v) is 14.3. The Balaban J connectivity index is 1.75. The van der Waals surface area contributed by atoms with Crippen molar-refractivity contribution in [2.45, 2.75) is 72.1 Å². The number of rotatable bonds is 1. The molecule has 2 heteroatoms. The van der Waals surface area contributed by atoms with Crippen molar-refractivity contribution < 1.29 is 9.90 Å². The molecule has 0 aromatic carbocycles. The minimum absolute atomic E-state index is 0.222. The third-order valence-corrected chi connectivity index (χ3v) is 8.41. The Hall–Kier alpha value is -0.790. The molecule has 2 bridgehead atoms. The molecular weight excluding hydrogens is 272 g/mol. The van der Waals surface area contributed by atoms with Gasteiger partial charge >= 0.3 is 5.97 Å². The average Bonchev–Trinajstić information content (AvgIpc) is 2.68. The van der Waals surface area contributed by atoms with Gasteiger partial charge in [0.2, 0.25) is 0 Å². The third-order valence-electron chi connectivity index (χ3n) is 8.41. The van der Waals surface area contributed by atoms with Gasteiger partial charge in [-0.25, -0.2) is 0 Å². The molecule has 0 aromatic heterocycles. The maximum atomic E-state index is 12.0. The van der Waals surface area contributed by atoms with Gasteiger partial charge in [-0.05, 0) is 80.0 Å². The first-order chi connectivity index (χ1) is 10.2. The molecule has 3 saturated carbocycles. The van der Waals surface area contributed by atoms with Crippen LogP contribution in [0.25, 0.3) is 0 Å². The molecule has 4 rings (SSSR count). The van der Waals surface area contributed by atoms with Crippen molar-refractivity contribution in [3.63, 3.8) is 0 Å². The van der Waals surface area contributed by atoms with Gasteiger partial charge in [0.25, 0.3) is 0 Å². The van der Waals surface area contributed by atoms with Gasteiger partial charge in [0.1, 0.15) is 0 Å². The highest BCUT2D eigenvalue weighted by atomic mass is 16.4. The van der Waals surface area contributed by atoms with E-state index in [2.05, 4.69) is 26.0 Å². The summed E-state index contributed by atoms with van der Waals surface area (Å²) in [7, 11) is 0. The highest BCUT2D eigenvalue weighted by Crippen LogP contribution is 2.71. The molecule has 122 valence electrons. The molecule has 6 atom stereocenters. The van der Waals surface area contributed by atoms with Gasteiger partial charge < -0.3 is 5.11 Å². The second-order valence-electron chi connectivity index (χ2n) is 9.66. The standard InChI is InChI=1S/C20H30O2/c1-17-9-5-15-18(2)7-4-8-19(3,16(21)22)14(18)6-10-20(15,13-17)12-11-17/h11-12,14-15H,4-10,13H2,1-3H3,(H,21,22)/t14-,15-,17+,18+,19-,20-/m1/s1. The van der Waals surface area contributed by atoms with Crippen molar-refractivity contribution in [1.29, 1.82) is 0 Å². The topological polar surface area (TPSA) is 37.3 Å². The predicted octanol–water partition coefficient (Wildman–Crippen LogP) is 5.04. The van der Waals surface area contributed by atoms with Crippen LogP contribution in [-0.4, -0.2) is 11.1 Å². The van der Waals surface area contributed by atoms with E-state index >= 15 is 0 Å². The fourth-order valence-corrected chi connectivity index (χ4v) is 7.39. The second kappa shape index (κ2) is 4.19. The zero-order valence-electron chi connectivity index (χ0n) is 14.3. The molecular formula is C20H30O2. The second-order valence-corrected chi connectivity index (χ2v) is 9.66. The third kappa shape index (κ3) is 1.65. The van der Waals surface area contributed by atoms with Crippen LogP contribution in [-0.2, 0) is 4.79 Å². The first-order valence-electron chi connectivity index (χ1n) is 9.18. The Kier molecular flexibility index (Phi) is 2.81. The van der Waals surface area contributed by atoms with Gasteiger partial charge in [-0.2, -0.15) is 0 Å². The van der Waals surface area contributed by atoms with Crippen molar-refractivity contribution in [2.24, 2.45) is 33.5 Å². The SMILES string of the molecule is C[C@@]12C=C[C@]3(CC[C@@H]4[C@](C)(CCC[C@@]4(C)C(=O)O)[C@H]3CC1)C2. The normalized spacial score (nSPS) is 56.3. The molecule has 4 aliphatic rings. The lowest BCUT2D eigenvalue weighted by molar-refractivity contribution is -0.179. The monoisotopic (exact) mass is 302 g/mol. The molecule has 0 amide bonds. The van der Waals surface area contributed by atoms with Gasteiger partial charge in [-0.15, -0.1) is 0 Å². The van der Waals surface area contributed by atoms with Crippen LogP contribution in [0.15, 0.2) is 12.2 Å². The highest BCUT2D eigenvalue weighted by Gasteiger charge is 2.64. The Morgan fingerprint density at radius 3 is 2.45 bits per heavy atom. The summed E-state index contributed by atoms with van der Waals surface area (Å²) in [5.41, 5.74) is 0.525. The summed E-state index contributed by atoms with van der Waals surface area (Å²) in [4.78, 5) is 12.0. The molecule has 0 saturated heterocycles. The van der Waals surface area contributed by atoms with E-state index in [4.69, 9.17) is 0 Å². The summed E-state index contributed by atoms with van der Waals surface area (Å²) in [5.74, 6) is 0.506. The van der Waals surface area contributed by atoms with Gasteiger partial charge in [0.15, 0.2) is 0 Å². The molecule has 0 unspecified atom stereocenters. The Morgan fingerprint density at radius 2 is 1.73 bits per heavy atom. The zero-order chi connectivity index (χ0) is 15.8. The van der Waals surface area contributed by atoms with E-state index in [0.29, 0.717) is 22.7 Å². The van der Waals surface area contributed by atoms with E-state index in [9.17, 15) is 9.90 Å². The minimum Gasteiger partial charge on any atom is -0.481 e. The first-order valence-corrected chi connectivity index (χ1v) is 9.18. The van der Waals surface area contributed by atoms with Crippen LogP contribution < -0.4 is 0 Å². The number of carbonyl (C=O) groups is 1. The molecule has 4 aliphatic carbocycles. The summed E-state index contributed by atoms with van der Waals surface area (Å²) in [5, 5.41) is 9.90. The molecule has 2 nitrogen and oxygen atoms in total. The summed E-state index contributed by atoms with van der Waals surface area (Å²) < 4.78 is 0. The van der Waals surface area contributed by atoms with Crippen LogP contribution in [0.4, 0.5) is 0 Å². The molecule has 0 aromatic rings. The van der Waals surface area contributed by atoms with E-state index in [1.54, 1.807) is 0 Å². The molecule has 0 radical (unpaired) electrons. The fraction of sp³-hybridized carbons (Fsp3) is 0.850. The number of carboxylic acid groups (broad SMARTS) is 1. The van der Waals surface area contributed by atoms with E-state index in [-0.39, 0.29) is 5.41 Å². The molecule has 0 heterocycles. The molecule has 3 fully saturated rings. The van der Waals surface area contributed by atoms with Crippen molar-refractivity contribution in [3.05, 3.63) is 12.2 Å². The van der Waals surface area contributed by atoms with Crippen molar-refractivity contribution in [2.75, 3.05) is 0 Å².